The van der Waals surface area contributed by atoms with Gasteiger partial charge in [-0.05, 0) is 87.4 Å². The summed E-state index contributed by atoms with van der Waals surface area (Å²) >= 11 is 0. The van der Waals surface area contributed by atoms with Gasteiger partial charge in [-0.2, -0.15) is 10.4 Å². The number of hydrogen-bond donors (Lipinski definition) is 1. The molecule has 1 aliphatic heterocycles. The minimum absolute atomic E-state index is 0.235. The molecule has 0 saturated carbocycles. The molecule has 0 aliphatic carbocycles. The zero-order chi connectivity index (χ0) is 27.2. The first kappa shape index (κ1) is 25.8. The Morgan fingerprint density at radius 3 is 2.41 bits per heavy atom. The number of carbonyl (C=O) groups is 1. The van der Waals surface area contributed by atoms with E-state index in [1.54, 1.807) is 12.3 Å². The van der Waals surface area contributed by atoms with Crippen molar-refractivity contribution >= 4 is 17.8 Å². The van der Waals surface area contributed by atoms with E-state index >= 15 is 0 Å². The third kappa shape index (κ3) is 5.86. The van der Waals surface area contributed by atoms with Gasteiger partial charge in [0.2, 0.25) is 0 Å². The third-order valence-corrected chi connectivity index (χ3v) is 7.07. The van der Waals surface area contributed by atoms with Crippen LogP contribution in [0.3, 0.4) is 0 Å². The molecular weight excluding hydrogens is 486 g/mol. The smallest absolute Gasteiger partial charge is 0.271 e. The largest absolute Gasteiger partial charge is 0.489 e. The van der Waals surface area contributed by atoms with Crippen molar-refractivity contribution < 1.29 is 9.53 Å². The summed E-state index contributed by atoms with van der Waals surface area (Å²) in [6.07, 6.45) is 4.12. The average Bonchev–Trinajstić information content (AvgIpc) is 3.60. The molecule has 1 N–H and O–H groups in total. The molecule has 4 aromatic rings. The molecule has 5 rings (SSSR count). The summed E-state index contributed by atoms with van der Waals surface area (Å²) in [5.74, 6) is 0.493. The van der Waals surface area contributed by atoms with E-state index in [-0.39, 0.29) is 5.91 Å². The Morgan fingerprint density at radius 2 is 1.69 bits per heavy atom. The molecule has 2 heterocycles. The zero-order valence-electron chi connectivity index (χ0n) is 22.2. The van der Waals surface area contributed by atoms with Crippen molar-refractivity contribution in [2.24, 2.45) is 5.10 Å². The predicted molar refractivity (Wildman–Crippen MR) is 154 cm³/mol. The van der Waals surface area contributed by atoms with Crippen LogP contribution in [0.4, 0.5) is 5.69 Å². The van der Waals surface area contributed by atoms with E-state index in [0.717, 1.165) is 52.7 Å². The molecule has 7 nitrogen and oxygen atoms in total. The summed E-state index contributed by atoms with van der Waals surface area (Å²) < 4.78 is 8.05. The van der Waals surface area contributed by atoms with Crippen molar-refractivity contribution in [2.45, 2.75) is 33.3 Å². The monoisotopic (exact) mass is 517 g/mol. The first-order chi connectivity index (χ1) is 19.0. The number of hydrazone groups is 1. The summed E-state index contributed by atoms with van der Waals surface area (Å²) in [6.45, 7) is 6.54. The maximum Gasteiger partial charge on any atom is 0.271 e. The number of aromatic nitrogens is 1. The van der Waals surface area contributed by atoms with Gasteiger partial charge in [-0.3, -0.25) is 4.79 Å². The number of nitrogens with zero attached hydrogens (tertiary/aromatic N) is 4. The Balaban J connectivity index is 1.21. The van der Waals surface area contributed by atoms with Crippen molar-refractivity contribution in [1.82, 2.24) is 9.99 Å². The van der Waals surface area contributed by atoms with Crippen LogP contribution < -0.4 is 15.1 Å². The van der Waals surface area contributed by atoms with Crippen LogP contribution >= 0.6 is 0 Å². The lowest BCUT2D eigenvalue weighted by atomic mass is 10.1. The lowest BCUT2D eigenvalue weighted by Gasteiger charge is -2.17. The molecule has 1 aromatic heterocycles. The topological polar surface area (TPSA) is 82.7 Å². The first-order valence-electron chi connectivity index (χ1n) is 13.1. The number of amides is 1. The van der Waals surface area contributed by atoms with Crippen LogP contribution in [0.2, 0.25) is 0 Å². The van der Waals surface area contributed by atoms with Crippen LogP contribution in [0, 0.1) is 25.2 Å². The van der Waals surface area contributed by atoms with E-state index in [0.29, 0.717) is 17.7 Å². The lowest BCUT2D eigenvalue weighted by molar-refractivity contribution is 0.0955. The number of nitriles is 1. The number of hydrogen-bond acceptors (Lipinski definition) is 5. The summed E-state index contributed by atoms with van der Waals surface area (Å²) in [4.78, 5) is 14.9. The summed E-state index contributed by atoms with van der Waals surface area (Å²) in [5.41, 5.74) is 9.84. The van der Waals surface area contributed by atoms with Crippen molar-refractivity contribution in [1.29, 1.82) is 5.26 Å². The number of rotatable bonds is 8. The minimum atomic E-state index is -0.235. The molecule has 3 aromatic carbocycles. The summed E-state index contributed by atoms with van der Waals surface area (Å²) in [6, 6.07) is 27.2. The Bertz CT molecular complexity index is 1520. The van der Waals surface area contributed by atoms with E-state index in [4.69, 9.17) is 4.74 Å². The number of anilines is 1. The minimum Gasteiger partial charge on any atom is -0.489 e. The van der Waals surface area contributed by atoms with Crippen LogP contribution in [-0.4, -0.2) is 29.8 Å². The third-order valence-electron chi connectivity index (χ3n) is 7.07. The molecule has 1 fully saturated rings. The fraction of sp³-hybridized carbons (Fsp3) is 0.219. The van der Waals surface area contributed by atoms with Crippen molar-refractivity contribution in [3.05, 3.63) is 113 Å². The van der Waals surface area contributed by atoms with Gasteiger partial charge < -0.3 is 14.2 Å². The Kier molecular flexibility index (Phi) is 7.74. The van der Waals surface area contributed by atoms with Gasteiger partial charge in [0.25, 0.3) is 5.91 Å². The fourth-order valence-electron chi connectivity index (χ4n) is 4.95. The van der Waals surface area contributed by atoms with Gasteiger partial charge in [0.05, 0.1) is 17.8 Å². The molecule has 0 unspecified atom stereocenters. The quantitative estimate of drug-likeness (QED) is 0.233. The number of ether oxygens (including phenoxy) is 1. The van der Waals surface area contributed by atoms with Gasteiger partial charge in [-0.1, -0.05) is 18.2 Å². The first-order valence-corrected chi connectivity index (χ1v) is 13.1. The van der Waals surface area contributed by atoms with Gasteiger partial charge in [0.1, 0.15) is 12.4 Å². The highest BCUT2D eigenvalue weighted by Gasteiger charge is 2.13. The summed E-state index contributed by atoms with van der Waals surface area (Å²) in [7, 11) is 0. The SMILES string of the molecule is Cc1cc(/C=N\NC(=O)c2ccc(N3CCCC3)cc2)c(C)n1-c1ccc(OCc2ccccc2C#N)cc1. The second-order valence-corrected chi connectivity index (χ2v) is 9.65. The van der Waals surface area contributed by atoms with E-state index in [9.17, 15) is 10.1 Å². The average molecular weight is 518 g/mol. The highest BCUT2D eigenvalue weighted by atomic mass is 16.5. The summed E-state index contributed by atoms with van der Waals surface area (Å²) in [5, 5.41) is 13.5. The van der Waals surface area contributed by atoms with Crippen LogP contribution in [0.15, 0.2) is 84.0 Å². The molecule has 1 amide bonds. The van der Waals surface area contributed by atoms with Crippen LogP contribution in [0.5, 0.6) is 5.75 Å². The number of aryl methyl sites for hydroxylation is 1. The van der Waals surface area contributed by atoms with Gasteiger partial charge in [-0.25, -0.2) is 5.43 Å². The molecule has 1 saturated heterocycles. The highest BCUT2D eigenvalue weighted by Crippen LogP contribution is 2.23. The zero-order valence-corrected chi connectivity index (χ0v) is 22.2. The lowest BCUT2D eigenvalue weighted by Crippen LogP contribution is -2.19. The number of benzene rings is 3. The molecule has 7 heteroatoms. The predicted octanol–water partition coefficient (Wildman–Crippen LogP) is 5.91. The van der Waals surface area contributed by atoms with Gasteiger partial charge >= 0.3 is 0 Å². The molecule has 0 radical (unpaired) electrons. The Morgan fingerprint density at radius 1 is 1.00 bits per heavy atom. The van der Waals surface area contributed by atoms with E-state index in [1.165, 1.54) is 12.8 Å². The standard InChI is InChI=1S/C32H31N5O2/c1-23-19-28(21-34-35-32(38)25-9-11-29(12-10-25)36-17-5-6-18-36)24(2)37(23)30-13-15-31(16-14-30)39-22-27-8-4-3-7-26(27)20-33/h3-4,7-16,19,21H,5-6,17-18,22H2,1-2H3,(H,35,38)/b34-21-. The molecule has 39 heavy (non-hydrogen) atoms. The molecule has 196 valence electrons. The van der Waals surface area contributed by atoms with Crippen molar-refractivity contribution in [3.63, 3.8) is 0 Å². The number of nitrogens with one attached hydrogen (secondary N) is 1. The van der Waals surface area contributed by atoms with Crippen LogP contribution in [0.25, 0.3) is 5.69 Å². The van der Waals surface area contributed by atoms with Crippen LogP contribution in [-0.2, 0) is 6.61 Å². The maximum absolute atomic E-state index is 12.6. The van der Waals surface area contributed by atoms with E-state index in [1.807, 2.05) is 86.6 Å². The van der Waals surface area contributed by atoms with E-state index < -0.39 is 0 Å². The van der Waals surface area contributed by atoms with Gasteiger partial charge in [0, 0.05) is 52.5 Å². The van der Waals surface area contributed by atoms with E-state index in [2.05, 4.69) is 26.1 Å². The second kappa shape index (κ2) is 11.7. The van der Waals surface area contributed by atoms with Gasteiger partial charge in [-0.15, -0.1) is 0 Å². The molecule has 0 spiro atoms. The Hall–Kier alpha value is -4.83. The van der Waals surface area contributed by atoms with Crippen molar-refractivity contribution in [2.75, 3.05) is 18.0 Å². The molecule has 0 bridgehead atoms. The van der Waals surface area contributed by atoms with Crippen LogP contribution in [0.1, 0.15) is 51.3 Å². The molecular formula is C32H31N5O2. The second-order valence-electron chi connectivity index (χ2n) is 9.65. The normalized spacial score (nSPS) is 13.0. The molecule has 1 aliphatic rings. The van der Waals surface area contributed by atoms with Crippen molar-refractivity contribution in [3.8, 4) is 17.5 Å². The number of carbonyl (C=O) groups excluding carboxylic acids is 1. The maximum atomic E-state index is 12.6. The molecule has 0 atom stereocenters. The fourth-order valence-corrected chi connectivity index (χ4v) is 4.95. The highest BCUT2D eigenvalue weighted by molar-refractivity contribution is 5.95. The van der Waals surface area contributed by atoms with Gasteiger partial charge in [0.15, 0.2) is 0 Å². The Labute approximate surface area is 229 Å².